The Morgan fingerprint density at radius 3 is 3.05 bits per heavy atom. The molecule has 0 N–H and O–H groups in total. The van der Waals surface area contributed by atoms with Crippen molar-refractivity contribution in [3.63, 3.8) is 0 Å². The summed E-state index contributed by atoms with van der Waals surface area (Å²) < 4.78 is 2.94. The highest BCUT2D eigenvalue weighted by molar-refractivity contribution is 9.10. The summed E-state index contributed by atoms with van der Waals surface area (Å²) in [5.41, 5.74) is 3.22. The van der Waals surface area contributed by atoms with E-state index in [0.717, 1.165) is 29.7 Å². The topological polar surface area (TPSA) is 44.9 Å². The molecule has 1 aliphatic heterocycles. The normalized spacial score (nSPS) is 18.8. The fourth-order valence-corrected chi connectivity index (χ4v) is 3.28. The fraction of sp³-hybridized carbons (Fsp3) is 0.375. The van der Waals surface area contributed by atoms with E-state index in [1.54, 1.807) is 0 Å². The molecule has 5 heteroatoms. The Labute approximate surface area is 133 Å². The molecule has 0 spiro atoms. The van der Waals surface area contributed by atoms with E-state index in [-0.39, 0.29) is 0 Å². The number of nitriles is 1. The van der Waals surface area contributed by atoms with Crippen LogP contribution in [0.1, 0.15) is 29.0 Å². The highest BCUT2D eigenvalue weighted by atomic mass is 79.9. The molecule has 21 heavy (non-hydrogen) atoms. The van der Waals surface area contributed by atoms with Crippen molar-refractivity contribution in [2.75, 3.05) is 13.1 Å². The zero-order valence-corrected chi connectivity index (χ0v) is 13.5. The van der Waals surface area contributed by atoms with Crippen LogP contribution >= 0.6 is 15.9 Å². The van der Waals surface area contributed by atoms with Gasteiger partial charge >= 0.3 is 0 Å². The summed E-state index contributed by atoms with van der Waals surface area (Å²) in [6.45, 7) is 3.02. The van der Waals surface area contributed by atoms with Crippen LogP contribution in [0.25, 0.3) is 0 Å². The highest BCUT2D eigenvalue weighted by Gasteiger charge is 2.25. The van der Waals surface area contributed by atoms with E-state index in [1.807, 2.05) is 36.1 Å². The monoisotopic (exact) mass is 344 g/mol. The molecule has 2 aromatic rings. The molecule has 1 aliphatic rings. The first-order valence-corrected chi connectivity index (χ1v) is 7.84. The van der Waals surface area contributed by atoms with Crippen molar-refractivity contribution in [1.82, 2.24) is 14.7 Å². The van der Waals surface area contributed by atoms with Crippen molar-refractivity contribution in [3.8, 4) is 6.07 Å². The molecule has 0 saturated carbocycles. The Morgan fingerprint density at radius 1 is 1.48 bits per heavy atom. The van der Waals surface area contributed by atoms with Crippen molar-refractivity contribution < 1.29 is 0 Å². The first-order valence-electron chi connectivity index (χ1n) is 7.05. The first kappa shape index (κ1) is 14.3. The Hall–Kier alpha value is -1.64. The molecule has 0 radical (unpaired) electrons. The van der Waals surface area contributed by atoms with E-state index >= 15 is 0 Å². The Bertz CT molecular complexity index is 686. The van der Waals surface area contributed by atoms with Crippen LogP contribution < -0.4 is 0 Å². The van der Waals surface area contributed by atoms with E-state index in [4.69, 9.17) is 5.26 Å². The summed E-state index contributed by atoms with van der Waals surface area (Å²) >= 11 is 3.58. The average molecular weight is 345 g/mol. The fourth-order valence-electron chi connectivity index (χ4n) is 2.91. The number of benzene rings is 1. The Morgan fingerprint density at radius 2 is 2.33 bits per heavy atom. The van der Waals surface area contributed by atoms with Crippen LogP contribution in [-0.4, -0.2) is 27.8 Å². The average Bonchev–Trinajstić information content (AvgIpc) is 3.10. The minimum atomic E-state index is 0.566. The third kappa shape index (κ3) is 3.17. The van der Waals surface area contributed by atoms with Gasteiger partial charge in [-0.05, 0) is 42.3 Å². The lowest BCUT2D eigenvalue weighted by Crippen LogP contribution is -2.20. The highest BCUT2D eigenvalue weighted by Crippen LogP contribution is 2.29. The maximum Gasteiger partial charge on any atom is 0.0991 e. The second kappa shape index (κ2) is 6.00. The number of likely N-dealkylation sites (tertiary alicyclic amines) is 1. The van der Waals surface area contributed by atoms with Gasteiger partial charge in [-0.15, -0.1) is 0 Å². The molecule has 108 valence electrons. The zero-order chi connectivity index (χ0) is 14.8. The predicted molar refractivity (Wildman–Crippen MR) is 84.7 cm³/mol. The number of hydrogen-bond donors (Lipinski definition) is 0. The van der Waals surface area contributed by atoms with Crippen LogP contribution in [0, 0.1) is 11.3 Å². The van der Waals surface area contributed by atoms with Crippen LogP contribution in [0.5, 0.6) is 0 Å². The molecular formula is C16H17BrN4. The van der Waals surface area contributed by atoms with Crippen molar-refractivity contribution in [2.24, 2.45) is 7.05 Å². The van der Waals surface area contributed by atoms with E-state index in [2.05, 4.69) is 38.2 Å². The van der Waals surface area contributed by atoms with Crippen molar-refractivity contribution >= 4 is 15.9 Å². The molecule has 1 fully saturated rings. The SMILES string of the molecule is Cn1cc([C@@H]2CCN(Cc3cc(C#N)ccc3Br)C2)cn1. The lowest BCUT2D eigenvalue weighted by Gasteiger charge is -2.17. The number of aromatic nitrogens is 2. The number of halogens is 1. The second-order valence-electron chi connectivity index (χ2n) is 5.59. The molecule has 2 heterocycles. The minimum absolute atomic E-state index is 0.566. The number of hydrogen-bond acceptors (Lipinski definition) is 3. The smallest absolute Gasteiger partial charge is 0.0991 e. The molecule has 1 aromatic heterocycles. The van der Waals surface area contributed by atoms with Crippen LogP contribution in [-0.2, 0) is 13.6 Å². The van der Waals surface area contributed by atoms with Crippen LogP contribution in [0.15, 0.2) is 35.1 Å². The van der Waals surface area contributed by atoms with Gasteiger partial charge in [0.25, 0.3) is 0 Å². The first-order chi connectivity index (χ1) is 10.2. The summed E-state index contributed by atoms with van der Waals surface area (Å²) in [5, 5.41) is 13.3. The predicted octanol–water partition coefficient (Wildman–Crippen LogP) is 3.04. The maximum absolute atomic E-state index is 9.02. The van der Waals surface area contributed by atoms with E-state index in [0.29, 0.717) is 5.92 Å². The molecule has 0 aliphatic carbocycles. The number of nitrogens with zero attached hydrogens (tertiary/aromatic N) is 4. The lowest BCUT2D eigenvalue weighted by molar-refractivity contribution is 0.326. The summed E-state index contributed by atoms with van der Waals surface area (Å²) in [5.74, 6) is 0.566. The summed E-state index contributed by atoms with van der Waals surface area (Å²) in [6.07, 6.45) is 5.25. The van der Waals surface area contributed by atoms with E-state index in [9.17, 15) is 0 Å². The third-order valence-corrected chi connectivity index (χ3v) is 4.81. The standard InChI is InChI=1S/C16H17BrN4/c1-20-9-15(8-19-20)13-4-5-21(10-13)11-14-6-12(7-18)2-3-16(14)17/h2-3,6,8-9,13H,4-5,10-11H2,1H3/t13-/m1/s1. The second-order valence-corrected chi connectivity index (χ2v) is 6.44. The van der Waals surface area contributed by atoms with Gasteiger partial charge in [-0.2, -0.15) is 10.4 Å². The summed E-state index contributed by atoms with van der Waals surface area (Å²) in [6, 6.07) is 7.98. The number of aryl methyl sites for hydroxylation is 1. The van der Waals surface area contributed by atoms with Gasteiger partial charge in [0.15, 0.2) is 0 Å². The zero-order valence-electron chi connectivity index (χ0n) is 12.0. The summed E-state index contributed by atoms with van der Waals surface area (Å²) in [4.78, 5) is 2.44. The minimum Gasteiger partial charge on any atom is -0.298 e. The van der Waals surface area contributed by atoms with Crippen LogP contribution in [0.3, 0.4) is 0 Å². The van der Waals surface area contributed by atoms with Crippen molar-refractivity contribution in [3.05, 3.63) is 51.8 Å². The third-order valence-electron chi connectivity index (χ3n) is 4.04. The van der Waals surface area contributed by atoms with Gasteiger partial charge < -0.3 is 0 Å². The molecule has 0 amide bonds. The molecule has 1 aromatic carbocycles. The lowest BCUT2D eigenvalue weighted by atomic mass is 10.0. The van der Waals surface area contributed by atoms with E-state index in [1.165, 1.54) is 17.5 Å². The van der Waals surface area contributed by atoms with Crippen molar-refractivity contribution in [1.29, 1.82) is 5.26 Å². The van der Waals surface area contributed by atoms with Gasteiger partial charge in [0, 0.05) is 36.7 Å². The quantitative estimate of drug-likeness (QED) is 0.859. The van der Waals surface area contributed by atoms with E-state index < -0.39 is 0 Å². The van der Waals surface area contributed by atoms with Gasteiger partial charge in [0.2, 0.25) is 0 Å². The molecule has 0 unspecified atom stereocenters. The van der Waals surface area contributed by atoms with Crippen molar-refractivity contribution in [2.45, 2.75) is 18.9 Å². The van der Waals surface area contributed by atoms with Gasteiger partial charge in [-0.25, -0.2) is 0 Å². The van der Waals surface area contributed by atoms with Gasteiger partial charge in [-0.3, -0.25) is 9.58 Å². The molecule has 1 saturated heterocycles. The van der Waals surface area contributed by atoms with Crippen LogP contribution in [0.4, 0.5) is 0 Å². The van der Waals surface area contributed by atoms with Crippen LogP contribution in [0.2, 0.25) is 0 Å². The molecule has 4 nitrogen and oxygen atoms in total. The van der Waals surface area contributed by atoms with Gasteiger partial charge in [0.1, 0.15) is 0 Å². The van der Waals surface area contributed by atoms with Gasteiger partial charge in [0.05, 0.1) is 17.8 Å². The molecule has 3 rings (SSSR count). The molecule has 1 atom stereocenters. The Balaban J connectivity index is 1.69. The molecular weight excluding hydrogens is 328 g/mol. The number of rotatable bonds is 3. The Kier molecular flexibility index (Phi) is 4.09. The maximum atomic E-state index is 9.02. The largest absolute Gasteiger partial charge is 0.298 e. The summed E-state index contributed by atoms with van der Waals surface area (Å²) in [7, 11) is 1.96. The molecule has 0 bridgehead atoms. The van der Waals surface area contributed by atoms with Gasteiger partial charge in [-0.1, -0.05) is 15.9 Å².